The summed E-state index contributed by atoms with van der Waals surface area (Å²) in [5, 5.41) is 14.7. The third kappa shape index (κ3) is 6.71. The largest absolute Gasteiger partial charge is 0.493 e. The second kappa shape index (κ2) is 11.2. The molecule has 0 saturated heterocycles. The number of hydrogen-bond acceptors (Lipinski definition) is 7. The van der Waals surface area contributed by atoms with Gasteiger partial charge in [0.25, 0.3) is 5.91 Å². The Hall–Kier alpha value is -4.62. The van der Waals surface area contributed by atoms with Gasteiger partial charge < -0.3 is 19.6 Å². The molecule has 0 bridgehead atoms. The van der Waals surface area contributed by atoms with Crippen LogP contribution in [0.25, 0.3) is 6.08 Å². The standard InChI is InChI=1S/C26H23N3O6S/c1-17-5-4-6-22(13-17)29-26(31)20(16-27)14-19-7-12-24(34-3)25(15-19)35-36(32,33)23-10-8-21(9-11-23)28-18(2)30/h4-15H,1-3H3,(H,28,30)(H,29,31)/b20-14+. The molecule has 0 aliphatic rings. The highest BCUT2D eigenvalue weighted by atomic mass is 32.2. The maximum absolute atomic E-state index is 12.8. The van der Waals surface area contributed by atoms with Crippen molar-refractivity contribution in [3.05, 3.63) is 83.4 Å². The van der Waals surface area contributed by atoms with Gasteiger partial charge in [-0.1, -0.05) is 18.2 Å². The van der Waals surface area contributed by atoms with Crippen molar-refractivity contribution in [2.45, 2.75) is 18.7 Å². The minimum absolute atomic E-state index is 0.131. The van der Waals surface area contributed by atoms with Crippen LogP contribution in [0.1, 0.15) is 18.1 Å². The van der Waals surface area contributed by atoms with Gasteiger partial charge in [0.15, 0.2) is 11.5 Å². The number of nitrogens with zero attached hydrogens (tertiary/aromatic N) is 1. The average Bonchev–Trinajstić information content (AvgIpc) is 2.82. The number of carbonyl (C=O) groups is 2. The summed E-state index contributed by atoms with van der Waals surface area (Å²) >= 11 is 0. The van der Waals surface area contributed by atoms with Crippen LogP contribution in [0.3, 0.4) is 0 Å². The maximum atomic E-state index is 12.8. The Morgan fingerprint density at radius 3 is 2.28 bits per heavy atom. The Morgan fingerprint density at radius 1 is 0.944 bits per heavy atom. The fraction of sp³-hybridized carbons (Fsp3) is 0.115. The van der Waals surface area contributed by atoms with E-state index >= 15 is 0 Å². The van der Waals surface area contributed by atoms with Gasteiger partial charge in [-0.15, -0.1) is 0 Å². The van der Waals surface area contributed by atoms with Crippen LogP contribution < -0.4 is 19.6 Å². The Labute approximate surface area is 209 Å². The van der Waals surface area contributed by atoms with Crippen molar-refractivity contribution in [2.75, 3.05) is 17.7 Å². The van der Waals surface area contributed by atoms with Crippen LogP contribution in [0.15, 0.2) is 77.2 Å². The topological polar surface area (TPSA) is 135 Å². The Bertz CT molecular complexity index is 1470. The Kier molecular flexibility index (Phi) is 8.09. The van der Waals surface area contributed by atoms with Crippen LogP contribution in [0.2, 0.25) is 0 Å². The lowest BCUT2D eigenvalue weighted by molar-refractivity contribution is -0.114. The zero-order valence-electron chi connectivity index (χ0n) is 19.7. The van der Waals surface area contributed by atoms with E-state index in [9.17, 15) is 23.3 Å². The van der Waals surface area contributed by atoms with Gasteiger partial charge in [0.1, 0.15) is 16.5 Å². The van der Waals surface area contributed by atoms with Gasteiger partial charge in [-0.2, -0.15) is 13.7 Å². The van der Waals surface area contributed by atoms with Crippen LogP contribution in [0.4, 0.5) is 11.4 Å². The molecule has 3 rings (SSSR count). The van der Waals surface area contributed by atoms with Gasteiger partial charge in [-0.05, 0) is 72.7 Å². The van der Waals surface area contributed by atoms with E-state index in [0.717, 1.165) is 5.56 Å². The van der Waals surface area contributed by atoms with Gasteiger partial charge in [0.05, 0.1) is 7.11 Å². The van der Waals surface area contributed by atoms with Gasteiger partial charge in [0.2, 0.25) is 5.91 Å². The molecule has 3 aromatic rings. The van der Waals surface area contributed by atoms with Crippen LogP contribution >= 0.6 is 0 Å². The fourth-order valence-electron chi connectivity index (χ4n) is 3.16. The van der Waals surface area contributed by atoms with E-state index in [1.165, 1.54) is 56.5 Å². The van der Waals surface area contributed by atoms with E-state index in [1.807, 2.05) is 19.1 Å². The maximum Gasteiger partial charge on any atom is 0.339 e. The molecule has 0 radical (unpaired) electrons. The highest BCUT2D eigenvalue weighted by molar-refractivity contribution is 7.87. The number of hydrogen-bond donors (Lipinski definition) is 2. The summed E-state index contributed by atoms with van der Waals surface area (Å²) in [6, 6.07) is 18.8. The lowest BCUT2D eigenvalue weighted by Crippen LogP contribution is -2.13. The Morgan fingerprint density at radius 2 is 1.67 bits per heavy atom. The van der Waals surface area contributed by atoms with E-state index in [2.05, 4.69) is 10.6 Å². The first-order chi connectivity index (χ1) is 17.1. The van der Waals surface area contributed by atoms with Crippen LogP contribution in [0.5, 0.6) is 11.5 Å². The molecular formula is C26H23N3O6S. The molecule has 184 valence electrons. The first kappa shape index (κ1) is 26.0. The van der Waals surface area contributed by atoms with E-state index in [4.69, 9.17) is 8.92 Å². The van der Waals surface area contributed by atoms with Gasteiger partial charge in [-0.25, -0.2) is 0 Å². The highest BCUT2D eigenvalue weighted by Gasteiger charge is 2.20. The number of anilines is 2. The van der Waals surface area contributed by atoms with E-state index in [-0.39, 0.29) is 27.9 Å². The van der Waals surface area contributed by atoms with Crippen molar-refractivity contribution in [3.63, 3.8) is 0 Å². The highest BCUT2D eigenvalue weighted by Crippen LogP contribution is 2.32. The molecular weight excluding hydrogens is 482 g/mol. The lowest BCUT2D eigenvalue weighted by Gasteiger charge is -2.12. The number of ether oxygens (including phenoxy) is 1. The molecule has 0 fully saturated rings. The zero-order chi connectivity index (χ0) is 26.3. The minimum Gasteiger partial charge on any atom is -0.493 e. The summed E-state index contributed by atoms with van der Waals surface area (Å²) < 4.78 is 36.2. The molecule has 9 nitrogen and oxygen atoms in total. The number of amides is 2. The monoisotopic (exact) mass is 505 g/mol. The molecule has 2 amide bonds. The van der Waals surface area contributed by atoms with Crippen LogP contribution in [-0.2, 0) is 19.7 Å². The van der Waals surface area contributed by atoms with Gasteiger partial charge >= 0.3 is 10.1 Å². The molecule has 2 N–H and O–H groups in total. The number of nitrogens with one attached hydrogen (secondary N) is 2. The molecule has 0 atom stereocenters. The summed E-state index contributed by atoms with van der Waals surface area (Å²) in [6.07, 6.45) is 1.31. The zero-order valence-corrected chi connectivity index (χ0v) is 20.5. The lowest BCUT2D eigenvalue weighted by atomic mass is 10.1. The quantitative estimate of drug-likeness (QED) is 0.265. The minimum atomic E-state index is -4.26. The molecule has 0 saturated carbocycles. The first-order valence-electron chi connectivity index (χ1n) is 10.6. The number of rotatable bonds is 8. The van der Waals surface area contributed by atoms with Gasteiger partial charge in [0, 0.05) is 18.3 Å². The smallest absolute Gasteiger partial charge is 0.339 e. The van der Waals surface area contributed by atoms with Crippen molar-refractivity contribution in [1.82, 2.24) is 0 Å². The first-order valence-corrected chi connectivity index (χ1v) is 12.0. The van der Waals surface area contributed by atoms with Crippen molar-refractivity contribution in [2.24, 2.45) is 0 Å². The van der Waals surface area contributed by atoms with Gasteiger partial charge in [-0.3, -0.25) is 9.59 Å². The summed E-state index contributed by atoms with van der Waals surface area (Å²) in [5.74, 6) is -0.907. The molecule has 0 unspecified atom stereocenters. The van der Waals surface area contributed by atoms with Crippen molar-refractivity contribution in [1.29, 1.82) is 5.26 Å². The third-order valence-electron chi connectivity index (χ3n) is 4.80. The number of aryl methyl sites for hydroxylation is 1. The molecule has 0 aromatic heterocycles. The molecule has 3 aromatic carbocycles. The second-order valence-electron chi connectivity index (χ2n) is 7.65. The van der Waals surface area contributed by atoms with Crippen LogP contribution in [-0.4, -0.2) is 27.3 Å². The Balaban J connectivity index is 1.87. The number of carbonyl (C=O) groups excluding carboxylic acids is 2. The normalized spacial score (nSPS) is 11.2. The molecule has 10 heteroatoms. The summed E-state index contributed by atoms with van der Waals surface area (Å²) in [7, 11) is -2.91. The fourth-order valence-corrected chi connectivity index (χ4v) is 4.09. The van der Waals surface area contributed by atoms with Crippen molar-refractivity contribution >= 4 is 39.4 Å². The number of methoxy groups -OCH3 is 1. The summed E-state index contributed by atoms with van der Waals surface area (Å²) in [6.45, 7) is 3.21. The third-order valence-corrected chi connectivity index (χ3v) is 6.05. The number of nitriles is 1. The van der Waals surface area contributed by atoms with Crippen molar-refractivity contribution in [3.8, 4) is 17.6 Å². The number of benzene rings is 3. The molecule has 0 heterocycles. The van der Waals surface area contributed by atoms with Crippen LogP contribution in [0, 0.1) is 18.3 Å². The second-order valence-corrected chi connectivity index (χ2v) is 9.19. The molecule has 0 aliphatic carbocycles. The predicted molar refractivity (Wildman–Crippen MR) is 135 cm³/mol. The van der Waals surface area contributed by atoms with Crippen molar-refractivity contribution < 1.29 is 26.9 Å². The molecule has 0 spiro atoms. The SMILES string of the molecule is COc1ccc(/C=C(\C#N)C(=O)Nc2cccc(C)c2)cc1OS(=O)(=O)c1ccc(NC(C)=O)cc1. The molecule has 36 heavy (non-hydrogen) atoms. The molecule has 0 aliphatic heterocycles. The summed E-state index contributed by atoms with van der Waals surface area (Å²) in [5.41, 5.74) is 2.06. The predicted octanol–water partition coefficient (Wildman–Crippen LogP) is 4.28. The van der Waals surface area contributed by atoms with E-state index < -0.39 is 16.0 Å². The van der Waals surface area contributed by atoms with E-state index in [0.29, 0.717) is 16.9 Å². The van der Waals surface area contributed by atoms with E-state index in [1.54, 1.807) is 24.3 Å². The summed E-state index contributed by atoms with van der Waals surface area (Å²) in [4.78, 5) is 23.6. The average molecular weight is 506 g/mol.